The third-order valence-corrected chi connectivity index (χ3v) is 22.0. The maximum absolute atomic E-state index is 13.7. The maximum atomic E-state index is 13.7. The highest BCUT2D eigenvalue weighted by molar-refractivity contribution is 5.74. The minimum atomic E-state index is -2.50. The molecule has 52 heteroatoms. The zero-order chi connectivity index (χ0) is 86.8. The summed E-state index contributed by atoms with van der Waals surface area (Å²) in [5, 5.41) is 306. The standard InChI is InChI=1S/C66H111N3O49/c1-14-30(80)37(87)43(93)61(101-14)115-53-28(68-17(4)78)58(107-24(11-75)51(53)114-65-47(97)55(34(84)21(8-72)106-65)117-59-27(67-16(3)77)36(86)49(23(10-74)108-59)111-63-45(95)39(89)32(82)19(6-70)104-63)100-13-26-35(85)56(48(98)66(110-26)112-50-22(9-73)103-57(99)42(92)41(50)91)118-60-29(69-18(5)79)54(116-62-44(94)38(88)31(81)15(2)102-62)52(25(12-76)109-60)113-64-46(96)40(90)33(83)20(7-71)105-64/h14-15,19-66,70-76,80-99H,6-13H2,1-5H3,(H,67,77)(H,68,78)(H,69,79)/t14-,15-,19+,20+,21+,22+,23+,24+,25+,26+,27+,28+,29+,30+,31+,32-,33-,34-,35-,36+,37+,38+,39-,40-,41+,42+,43-,44-,45+,46+,47+,48+,49+,50+,51+,52+,53+,54+,55-,56-,57?,58+,59?,60-,61-,62-,63-,64-,65-,66-/m0/s1. The van der Waals surface area contributed by atoms with Gasteiger partial charge in [0, 0.05) is 20.8 Å². The predicted molar refractivity (Wildman–Crippen MR) is 362 cm³/mol. The molecular weight excluding hydrogens is 1620 g/mol. The summed E-state index contributed by atoms with van der Waals surface area (Å²) < 4.78 is 114. The highest BCUT2D eigenvalue weighted by Crippen LogP contribution is 2.41. The van der Waals surface area contributed by atoms with Crippen LogP contribution >= 0.6 is 0 Å². The number of hydrogen-bond donors (Lipinski definition) is 30. The molecule has 0 spiro atoms. The molecule has 50 atom stereocenters. The van der Waals surface area contributed by atoms with E-state index in [4.69, 9.17) is 90.0 Å². The van der Waals surface area contributed by atoms with Crippen molar-refractivity contribution in [3.63, 3.8) is 0 Å². The summed E-state index contributed by atoms with van der Waals surface area (Å²) in [5.74, 6) is -2.94. The molecule has 10 saturated heterocycles. The number of amides is 3. The molecule has 52 nitrogen and oxygen atoms in total. The van der Waals surface area contributed by atoms with Gasteiger partial charge in [0.05, 0.1) is 65.1 Å². The fourth-order valence-corrected chi connectivity index (χ4v) is 15.4. The minimum Gasteiger partial charge on any atom is -0.394 e. The van der Waals surface area contributed by atoms with E-state index in [0.29, 0.717) is 0 Å². The number of hydrogen-bond acceptors (Lipinski definition) is 49. The quantitative estimate of drug-likeness (QED) is 0.0331. The average Bonchev–Trinajstić information content (AvgIpc) is 0.764. The predicted octanol–water partition coefficient (Wildman–Crippen LogP) is -20.3. The van der Waals surface area contributed by atoms with Gasteiger partial charge in [0.25, 0.3) is 0 Å². The normalized spacial score (nSPS) is 51.1. The Hall–Kier alpha value is -3.43. The molecule has 684 valence electrons. The summed E-state index contributed by atoms with van der Waals surface area (Å²) in [6, 6.07) is -5.93. The van der Waals surface area contributed by atoms with Crippen molar-refractivity contribution in [1.82, 2.24) is 16.0 Å². The van der Waals surface area contributed by atoms with Crippen LogP contribution in [-0.2, 0) is 104 Å². The smallest absolute Gasteiger partial charge is 0.217 e. The van der Waals surface area contributed by atoms with Crippen LogP contribution in [0.2, 0.25) is 0 Å². The van der Waals surface area contributed by atoms with Crippen LogP contribution in [0, 0.1) is 0 Å². The lowest BCUT2D eigenvalue weighted by Crippen LogP contribution is -2.71. The van der Waals surface area contributed by atoms with E-state index < -0.39 is 377 Å². The summed E-state index contributed by atoms with van der Waals surface area (Å²) in [5.41, 5.74) is 0. The van der Waals surface area contributed by atoms with E-state index in [1.165, 1.54) is 13.8 Å². The SMILES string of the molecule is CC(=O)N[C@H]1[C@H](O[C@H]2[C@@H](O)[C@@H](CO[C@@H]3O[C@H](CO)[C@@H](O[C@@H]4O[C@H](CO)[C@H](O)[C@H](OC5O[C@H](CO)[C@@H](O[C@@H]6O[C@H](CO)[C@H](O)[C@H](O)[C@H]6O)[C@H](O)[C@H]5NC(C)=O)[C@H]4O)[C@H](O[C@@H]4O[C@@H](C)[C@@H](O)[C@@H](O)[C@@H]4O)[C@H]3NC(C)=O)O[C@@H](O[C@H]3[C@H](O)[C@@H](O)C(O)O[C@@H]3CO)[C@@H]2O)O[C@H](CO)[C@@H](O[C@@H]2O[C@H](CO)[C@H](O)[C@H](O)[C@H]2O)[C@@H]1O[C@@H]1O[C@@H](C)[C@@H](O)[C@@H](O)[C@@H]1O. The maximum Gasteiger partial charge on any atom is 0.217 e. The summed E-state index contributed by atoms with van der Waals surface area (Å²) in [7, 11) is 0. The van der Waals surface area contributed by atoms with Crippen LogP contribution in [0.5, 0.6) is 0 Å². The first kappa shape index (κ1) is 96.8. The van der Waals surface area contributed by atoms with Crippen molar-refractivity contribution in [3.8, 4) is 0 Å². The molecule has 0 aromatic carbocycles. The molecule has 0 radical (unpaired) electrons. The van der Waals surface area contributed by atoms with E-state index in [9.17, 15) is 152 Å². The number of nitrogens with one attached hydrogen (secondary N) is 3. The van der Waals surface area contributed by atoms with Crippen molar-refractivity contribution in [3.05, 3.63) is 0 Å². The molecule has 0 saturated carbocycles. The Kier molecular flexibility index (Phi) is 34.3. The molecule has 3 amide bonds. The fraction of sp³-hybridized carbons (Fsp3) is 0.955. The van der Waals surface area contributed by atoms with Gasteiger partial charge in [-0.25, -0.2) is 0 Å². The third-order valence-electron chi connectivity index (χ3n) is 22.0. The van der Waals surface area contributed by atoms with Crippen LogP contribution in [0.4, 0.5) is 0 Å². The van der Waals surface area contributed by atoms with Gasteiger partial charge in [-0.3, -0.25) is 14.4 Å². The minimum absolute atomic E-state index is 0.917. The van der Waals surface area contributed by atoms with Crippen LogP contribution in [-0.4, -0.2) is 515 Å². The third kappa shape index (κ3) is 20.8. The number of carbonyl (C=O) groups excluding carboxylic acids is 3. The van der Waals surface area contributed by atoms with Gasteiger partial charge in [-0.15, -0.1) is 0 Å². The van der Waals surface area contributed by atoms with Gasteiger partial charge in [-0.05, 0) is 13.8 Å². The second-order valence-electron chi connectivity index (χ2n) is 30.2. The van der Waals surface area contributed by atoms with Crippen molar-refractivity contribution in [2.45, 2.75) is 341 Å². The summed E-state index contributed by atoms with van der Waals surface area (Å²) in [6.07, 6.45) is -96.8. The van der Waals surface area contributed by atoms with E-state index >= 15 is 0 Å². The van der Waals surface area contributed by atoms with E-state index in [2.05, 4.69) is 16.0 Å². The molecule has 0 aromatic rings. The van der Waals surface area contributed by atoms with Gasteiger partial charge in [-0.2, -0.15) is 0 Å². The summed E-state index contributed by atoms with van der Waals surface area (Å²) >= 11 is 0. The fourth-order valence-electron chi connectivity index (χ4n) is 15.4. The highest BCUT2D eigenvalue weighted by atomic mass is 16.8. The molecule has 30 N–H and O–H groups in total. The Morgan fingerprint density at radius 2 is 0.508 bits per heavy atom. The van der Waals surface area contributed by atoms with Crippen molar-refractivity contribution < 1.29 is 242 Å². The Balaban J connectivity index is 0.982. The molecular formula is C66H111N3O49. The molecule has 0 bridgehead atoms. The lowest BCUT2D eigenvalue weighted by Gasteiger charge is -2.52. The lowest BCUT2D eigenvalue weighted by atomic mass is 9.93. The van der Waals surface area contributed by atoms with E-state index in [1.54, 1.807) is 0 Å². The molecule has 10 aliphatic rings. The van der Waals surface area contributed by atoms with Crippen LogP contribution in [0.15, 0.2) is 0 Å². The zero-order valence-corrected chi connectivity index (χ0v) is 63.6. The Morgan fingerprint density at radius 3 is 0.907 bits per heavy atom. The molecule has 10 heterocycles. The number of carbonyl (C=O) groups is 3. The van der Waals surface area contributed by atoms with Gasteiger partial charge in [0.2, 0.25) is 17.7 Å². The van der Waals surface area contributed by atoms with Crippen molar-refractivity contribution in [1.29, 1.82) is 0 Å². The largest absolute Gasteiger partial charge is 0.394 e. The van der Waals surface area contributed by atoms with Crippen molar-refractivity contribution in [2.75, 3.05) is 52.9 Å². The topological polar surface area (TPSA) is 809 Å². The van der Waals surface area contributed by atoms with E-state index in [-0.39, 0.29) is 0 Å². The summed E-state index contributed by atoms with van der Waals surface area (Å²) in [6.45, 7) is -3.73. The lowest BCUT2D eigenvalue weighted by molar-refractivity contribution is -0.395. The van der Waals surface area contributed by atoms with Crippen molar-refractivity contribution in [2.24, 2.45) is 0 Å². The first-order valence-corrected chi connectivity index (χ1v) is 37.9. The number of rotatable bonds is 29. The Morgan fingerprint density at radius 1 is 0.237 bits per heavy atom. The molecule has 10 aliphatic heterocycles. The van der Waals surface area contributed by atoms with Crippen LogP contribution < -0.4 is 16.0 Å². The molecule has 118 heavy (non-hydrogen) atoms. The van der Waals surface area contributed by atoms with Gasteiger partial charge >= 0.3 is 0 Å². The number of aliphatic hydroxyl groups is 27. The highest BCUT2D eigenvalue weighted by Gasteiger charge is 2.62. The van der Waals surface area contributed by atoms with Gasteiger partial charge < -0.3 is 244 Å². The zero-order valence-electron chi connectivity index (χ0n) is 63.6. The van der Waals surface area contributed by atoms with Crippen LogP contribution in [0.25, 0.3) is 0 Å². The van der Waals surface area contributed by atoms with Crippen LogP contribution in [0.1, 0.15) is 34.6 Å². The molecule has 0 aromatic heterocycles. The molecule has 0 aliphatic carbocycles. The molecule has 2 unspecified atom stereocenters. The van der Waals surface area contributed by atoms with Crippen LogP contribution in [0.3, 0.4) is 0 Å². The van der Waals surface area contributed by atoms with Gasteiger partial charge in [0.15, 0.2) is 62.9 Å². The first-order chi connectivity index (χ1) is 55.8. The average molecular weight is 1730 g/mol. The molecule has 10 rings (SSSR count). The second kappa shape index (κ2) is 41.8. The van der Waals surface area contributed by atoms with Crippen molar-refractivity contribution >= 4 is 17.7 Å². The van der Waals surface area contributed by atoms with Gasteiger partial charge in [0.1, 0.15) is 232 Å². The van der Waals surface area contributed by atoms with E-state index in [0.717, 1.165) is 20.8 Å². The monoisotopic (exact) mass is 1730 g/mol. The number of ether oxygens (including phenoxy) is 19. The Bertz CT molecular complexity index is 3140. The van der Waals surface area contributed by atoms with Gasteiger partial charge in [-0.1, -0.05) is 0 Å². The molecule has 10 fully saturated rings. The van der Waals surface area contributed by atoms with E-state index in [1.807, 2.05) is 0 Å². The second-order valence-corrected chi connectivity index (χ2v) is 30.2. The summed E-state index contributed by atoms with van der Waals surface area (Å²) in [4.78, 5) is 40.0. The first-order valence-electron chi connectivity index (χ1n) is 37.9. The Labute approximate surface area is 668 Å². The number of aliphatic hydroxyl groups excluding tert-OH is 27.